The molecular weight excluding hydrogens is 224 g/mol. The number of nitrogen functional groups attached to an aromatic ring is 1. The fraction of sp³-hybridized carbons (Fsp3) is 0.500. The molecule has 0 aliphatic carbocycles. The van der Waals surface area contributed by atoms with Crippen LogP contribution in [0.2, 0.25) is 0 Å². The molecule has 8 heteroatoms. The van der Waals surface area contributed by atoms with Crippen LogP contribution in [-0.4, -0.2) is 23.9 Å². The van der Waals surface area contributed by atoms with Crippen molar-refractivity contribution in [1.29, 1.82) is 0 Å². The summed E-state index contributed by atoms with van der Waals surface area (Å²) in [6.45, 7) is -1.41. The summed E-state index contributed by atoms with van der Waals surface area (Å²) in [5, 5.41) is 0.114. The second-order valence-electron chi connectivity index (χ2n) is 2.38. The summed E-state index contributed by atoms with van der Waals surface area (Å²) < 4.78 is 52.3. The molecule has 1 aromatic heterocycles. The minimum atomic E-state index is -4.17. The molecule has 0 aromatic carbocycles. The third-order valence-electron chi connectivity index (χ3n) is 1.21. The number of hydrogen-bond acceptors (Lipinski definition) is 4. The Morgan fingerprint density at radius 2 is 2.21 bits per heavy atom. The van der Waals surface area contributed by atoms with Crippen LogP contribution in [0.1, 0.15) is 0 Å². The lowest BCUT2D eigenvalue weighted by Gasteiger charge is -2.14. The largest absolute Gasteiger partial charge is 0.463 e. The number of ether oxygens (including phenoxy) is 1. The molecular formula is C6H6F4N2OS. The van der Waals surface area contributed by atoms with Gasteiger partial charge in [0.15, 0.2) is 6.61 Å². The fourth-order valence-electron chi connectivity index (χ4n) is 0.558. The summed E-state index contributed by atoms with van der Waals surface area (Å²) >= 11 is 0.806. The fourth-order valence-corrected chi connectivity index (χ4v) is 1.09. The Bertz CT molecular complexity index is 304. The lowest BCUT2D eigenvalue weighted by Crippen LogP contribution is -2.33. The maximum absolute atomic E-state index is 12.3. The third-order valence-corrected chi connectivity index (χ3v) is 1.95. The van der Waals surface area contributed by atoms with Gasteiger partial charge in [0.05, 0.1) is 6.20 Å². The molecule has 0 bridgehead atoms. The van der Waals surface area contributed by atoms with Crippen molar-refractivity contribution in [2.24, 2.45) is 0 Å². The van der Waals surface area contributed by atoms with Crippen LogP contribution in [0.15, 0.2) is 6.20 Å². The maximum Gasteiger partial charge on any atom is 0.340 e. The predicted octanol–water partition coefficient (Wildman–Crippen LogP) is 2.00. The van der Waals surface area contributed by atoms with Gasteiger partial charge in [-0.15, -0.1) is 0 Å². The number of aromatic nitrogens is 1. The smallest absolute Gasteiger partial charge is 0.340 e. The number of nitrogens with zero attached hydrogens (tertiary/aromatic N) is 1. The van der Waals surface area contributed by atoms with Gasteiger partial charge in [0.2, 0.25) is 0 Å². The maximum atomic E-state index is 12.3. The van der Waals surface area contributed by atoms with Gasteiger partial charge in [0, 0.05) is 0 Å². The summed E-state index contributed by atoms with van der Waals surface area (Å²) in [7, 11) is 0. The monoisotopic (exact) mass is 230 g/mol. The highest BCUT2D eigenvalue weighted by Crippen LogP contribution is 2.27. The van der Waals surface area contributed by atoms with Crippen LogP contribution in [-0.2, 0) is 0 Å². The van der Waals surface area contributed by atoms with Crippen molar-refractivity contribution in [1.82, 2.24) is 4.98 Å². The van der Waals surface area contributed by atoms with E-state index >= 15 is 0 Å². The molecule has 1 heterocycles. The average molecular weight is 230 g/mol. The van der Waals surface area contributed by atoms with Crippen molar-refractivity contribution in [3.63, 3.8) is 0 Å². The molecule has 0 saturated carbocycles. The molecule has 1 aromatic rings. The summed E-state index contributed by atoms with van der Waals surface area (Å²) in [4.78, 5) is 3.47. The van der Waals surface area contributed by atoms with E-state index in [2.05, 4.69) is 9.72 Å². The number of alkyl halides is 4. The molecule has 0 saturated heterocycles. The highest BCUT2D eigenvalue weighted by Gasteiger charge is 2.41. The van der Waals surface area contributed by atoms with E-state index in [9.17, 15) is 17.6 Å². The zero-order chi connectivity index (χ0) is 10.8. The van der Waals surface area contributed by atoms with Crippen LogP contribution in [0.25, 0.3) is 0 Å². The van der Waals surface area contributed by atoms with Crippen LogP contribution in [0, 0.1) is 0 Å². The molecule has 0 aliphatic rings. The van der Waals surface area contributed by atoms with Gasteiger partial charge in [-0.25, -0.2) is 13.8 Å². The predicted molar refractivity (Wildman–Crippen MR) is 43.0 cm³/mol. The van der Waals surface area contributed by atoms with Crippen LogP contribution < -0.4 is 10.5 Å². The summed E-state index contributed by atoms with van der Waals surface area (Å²) in [5.74, 6) is -4.17. The van der Waals surface area contributed by atoms with Crippen molar-refractivity contribution < 1.29 is 22.3 Å². The normalized spacial score (nSPS) is 12.1. The number of hydrogen-bond donors (Lipinski definition) is 1. The summed E-state index contributed by atoms with van der Waals surface area (Å²) in [5.41, 5.74) is 5.22. The average Bonchev–Trinajstić information content (AvgIpc) is 2.48. The van der Waals surface area contributed by atoms with Gasteiger partial charge < -0.3 is 10.5 Å². The third kappa shape index (κ3) is 2.72. The first-order valence-electron chi connectivity index (χ1n) is 3.42. The Kier molecular flexibility index (Phi) is 3.14. The van der Waals surface area contributed by atoms with E-state index in [1.165, 1.54) is 6.20 Å². The first-order chi connectivity index (χ1) is 6.42. The van der Waals surface area contributed by atoms with Crippen LogP contribution in [0.4, 0.5) is 22.6 Å². The van der Waals surface area contributed by atoms with E-state index in [1.54, 1.807) is 0 Å². The highest BCUT2D eigenvalue weighted by atomic mass is 32.1. The number of rotatable bonds is 4. The lowest BCUT2D eigenvalue weighted by molar-refractivity contribution is -0.148. The standard InChI is InChI=1S/C6H6F4N2OS/c7-4(8)6(9,10)2-13-5-12-1-3(11)14-5/h1,4H,2,11H2. The second kappa shape index (κ2) is 3.99. The van der Waals surface area contributed by atoms with Gasteiger partial charge in [-0.05, 0) is 0 Å². The quantitative estimate of drug-likeness (QED) is 0.805. The van der Waals surface area contributed by atoms with Gasteiger partial charge in [-0.3, -0.25) is 0 Å². The zero-order valence-corrected chi connectivity index (χ0v) is 7.53. The molecule has 0 aliphatic heterocycles. The summed E-state index contributed by atoms with van der Waals surface area (Å²) in [6.07, 6.45) is -2.56. The van der Waals surface area contributed by atoms with Crippen LogP contribution in [0.5, 0.6) is 5.19 Å². The van der Waals surface area contributed by atoms with E-state index in [4.69, 9.17) is 5.73 Å². The topological polar surface area (TPSA) is 48.1 Å². The Hall–Kier alpha value is -1.05. The van der Waals surface area contributed by atoms with Gasteiger partial charge in [-0.2, -0.15) is 8.78 Å². The van der Waals surface area contributed by atoms with Crippen LogP contribution >= 0.6 is 11.3 Å². The van der Waals surface area contributed by atoms with Gasteiger partial charge >= 0.3 is 12.3 Å². The van der Waals surface area contributed by atoms with Crippen molar-refractivity contribution in [2.75, 3.05) is 12.3 Å². The molecule has 0 atom stereocenters. The van der Waals surface area contributed by atoms with Gasteiger partial charge in [0.1, 0.15) is 5.00 Å². The Morgan fingerprint density at radius 3 is 2.64 bits per heavy atom. The molecule has 2 N–H and O–H groups in total. The van der Waals surface area contributed by atoms with E-state index in [0.717, 1.165) is 11.3 Å². The summed E-state index contributed by atoms with van der Waals surface area (Å²) in [6, 6.07) is 0. The molecule has 80 valence electrons. The molecule has 0 fully saturated rings. The first kappa shape index (κ1) is 11.0. The molecule has 0 unspecified atom stereocenters. The van der Waals surface area contributed by atoms with E-state index < -0.39 is 19.0 Å². The molecule has 0 spiro atoms. The SMILES string of the molecule is Nc1cnc(OCC(F)(F)C(F)F)s1. The minimum absolute atomic E-state index is 0.150. The molecule has 0 amide bonds. The van der Waals surface area contributed by atoms with Crippen molar-refractivity contribution in [3.05, 3.63) is 6.20 Å². The Morgan fingerprint density at radius 1 is 1.57 bits per heavy atom. The highest BCUT2D eigenvalue weighted by molar-refractivity contribution is 7.17. The van der Waals surface area contributed by atoms with Crippen LogP contribution in [0.3, 0.4) is 0 Å². The molecule has 3 nitrogen and oxygen atoms in total. The van der Waals surface area contributed by atoms with Crippen molar-refractivity contribution >= 4 is 16.3 Å². The Balaban J connectivity index is 2.48. The van der Waals surface area contributed by atoms with Crippen molar-refractivity contribution in [3.8, 4) is 5.19 Å². The first-order valence-corrected chi connectivity index (χ1v) is 4.23. The number of anilines is 1. The zero-order valence-electron chi connectivity index (χ0n) is 6.71. The molecule has 1 rings (SSSR count). The van der Waals surface area contributed by atoms with Gasteiger partial charge in [0.25, 0.3) is 5.19 Å². The number of thiazole rings is 1. The lowest BCUT2D eigenvalue weighted by atomic mass is 10.4. The van der Waals surface area contributed by atoms with E-state index in [0.29, 0.717) is 0 Å². The molecule has 14 heavy (non-hydrogen) atoms. The molecule has 0 radical (unpaired) electrons. The number of nitrogens with two attached hydrogens (primary N) is 1. The van der Waals surface area contributed by atoms with Gasteiger partial charge in [-0.1, -0.05) is 11.3 Å². The minimum Gasteiger partial charge on any atom is -0.463 e. The second-order valence-corrected chi connectivity index (χ2v) is 3.40. The number of halogens is 4. The van der Waals surface area contributed by atoms with Crippen molar-refractivity contribution in [2.45, 2.75) is 12.3 Å². The van der Waals surface area contributed by atoms with E-state index in [-0.39, 0.29) is 10.2 Å². The van der Waals surface area contributed by atoms with E-state index in [1.807, 2.05) is 0 Å². The Labute approximate surface area is 80.5 Å².